The number of aromatic nitrogens is 2. The van der Waals surface area contributed by atoms with Gasteiger partial charge in [0.25, 0.3) is 11.8 Å². The van der Waals surface area contributed by atoms with Crippen molar-refractivity contribution < 1.29 is 19.1 Å². The number of amides is 2. The quantitative estimate of drug-likeness (QED) is 0.586. The number of methoxy groups -OCH3 is 1. The molecule has 1 aromatic heterocycles. The van der Waals surface area contributed by atoms with Gasteiger partial charge in [-0.25, -0.2) is 4.68 Å². The van der Waals surface area contributed by atoms with Crippen molar-refractivity contribution in [3.05, 3.63) is 71.5 Å². The number of para-hydroxylation sites is 1. The van der Waals surface area contributed by atoms with Crippen molar-refractivity contribution in [1.82, 2.24) is 20.6 Å². The molecule has 2 aromatic carbocycles. The molecule has 8 heteroatoms. The third-order valence-electron chi connectivity index (χ3n) is 4.30. The minimum atomic E-state index is -0.518. The fourth-order valence-corrected chi connectivity index (χ4v) is 2.81. The number of hydrazine groups is 1. The molecule has 0 saturated heterocycles. The zero-order valence-electron chi connectivity index (χ0n) is 17.1. The fourth-order valence-electron chi connectivity index (χ4n) is 2.81. The molecular formula is C22H24N4O4. The molecule has 156 valence electrons. The van der Waals surface area contributed by atoms with Crippen LogP contribution >= 0.6 is 0 Å². The standard InChI is InChI=1S/C22H24N4O4/c1-4-12-30-19-11-10-16(14-20(19)29-3)21(27)23-24-22(28)18-13-15(2)26(25-18)17-8-6-5-7-9-17/h5-11,13-14H,4,12H2,1-3H3,(H,23,27)(H,24,28). The highest BCUT2D eigenvalue weighted by Crippen LogP contribution is 2.28. The molecule has 0 aliphatic carbocycles. The van der Waals surface area contributed by atoms with Crippen LogP contribution in [0.1, 0.15) is 39.9 Å². The lowest BCUT2D eigenvalue weighted by atomic mass is 10.2. The van der Waals surface area contributed by atoms with Crippen molar-refractivity contribution in [2.45, 2.75) is 20.3 Å². The zero-order valence-corrected chi connectivity index (χ0v) is 17.1. The van der Waals surface area contributed by atoms with Gasteiger partial charge in [-0.2, -0.15) is 5.10 Å². The second kappa shape index (κ2) is 9.60. The smallest absolute Gasteiger partial charge is 0.290 e. The van der Waals surface area contributed by atoms with Crippen molar-refractivity contribution in [2.24, 2.45) is 0 Å². The minimum absolute atomic E-state index is 0.192. The van der Waals surface area contributed by atoms with Gasteiger partial charge in [0.2, 0.25) is 0 Å². The molecule has 0 unspecified atom stereocenters. The van der Waals surface area contributed by atoms with Gasteiger partial charge in [-0.3, -0.25) is 20.4 Å². The van der Waals surface area contributed by atoms with E-state index in [0.29, 0.717) is 23.7 Å². The number of nitrogens with zero attached hydrogens (tertiary/aromatic N) is 2. The molecule has 0 radical (unpaired) electrons. The number of carbonyl (C=O) groups excluding carboxylic acids is 2. The first-order valence-electron chi connectivity index (χ1n) is 9.57. The van der Waals surface area contributed by atoms with E-state index in [4.69, 9.17) is 9.47 Å². The number of nitrogens with one attached hydrogen (secondary N) is 2. The monoisotopic (exact) mass is 408 g/mol. The SMILES string of the molecule is CCCOc1ccc(C(=O)NNC(=O)c2cc(C)n(-c3ccccc3)n2)cc1OC. The van der Waals surface area contributed by atoms with Gasteiger partial charge < -0.3 is 9.47 Å². The summed E-state index contributed by atoms with van der Waals surface area (Å²) in [7, 11) is 1.50. The Morgan fingerprint density at radius 2 is 1.73 bits per heavy atom. The molecule has 3 aromatic rings. The minimum Gasteiger partial charge on any atom is -0.493 e. The molecule has 0 bridgehead atoms. The third kappa shape index (κ3) is 4.78. The van der Waals surface area contributed by atoms with Crippen molar-refractivity contribution in [2.75, 3.05) is 13.7 Å². The zero-order chi connectivity index (χ0) is 21.5. The summed E-state index contributed by atoms with van der Waals surface area (Å²) in [6.07, 6.45) is 0.858. The van der Waals surface area contributed by atoms with Crippen molar-refractivity contribution in [1.29, 1.82) is 0 Å². The topological polar surface area (TPSA) is 94.5 Å². The van der Waals surface area contributed by atoms with Gasteiger partial charge in [0.05, 0.1) is 19.4 Å². The average molecular weight is 408 g/mol. The summed E-state index contributed by atoms with van der Waals surface area (Å²) in [4.78, 5) is 24.8. The van der Waals surface area contributed by atoms with Crippen LogP contribution in [0.2, 0.25) is 0 Å². The van der Waals surface area contributed by atoms with Gasteiger partial charge in [0, 0.05) is 11.3 Å². The van der Waals surface area contributed by atoms with E-state index >= 15 is 0 Å². The van der Waals surface area contributed by atoms with Gasteiger partial charge in [-0.05, 0) is 49.7 Å². The molecule has 0 fully saturated rings. The molecule has 0 atom stereocenters. The molecule has 3 rings (SSSR count). The Bertz CT molecular complexity index is 1030. The average Bonchev–Trinajstić information content (AvgIpc) is 3.18. The Morgan fingerprint density at radius 3 is 2.43 bits per heavy atom. The van der Waals surface area contributed by atoms with Crippen LogP contribution in [0, 0.1) is 6.92 Å². The Kier molecular flexibility index (Phi) is 6.69. The predicted octanol–water partition coefficient (Wildman–Crippen LogP) is 3.05. The Morgan fingerprint density at radius 1 is 1.00 bits per heavy atom. The molecule has 8 nitrogen and oxygen atoms in total. The van der Waals surface area contributed by atoms with Crippen LogP contribution in [0.5, 0.6) is 11.5 Å². The number of ether oxygens (including phenoxy) is 2. The van der Waals surface area contributed by atoms with Crippen LogP contribution in [0.4, 0.5) is 0 Å². The maximum Gasteiger partial charge on any atom is 0.290 e. The molecule has 30 heavy (non-hydrogen) atoms. The number of carbonyl (C=O) groups is 2. The molecular weight excluding hydrogens is 384 g/mol. The van der Waals surface area contributed by atoms with Gasteiger partial charge in [0.1, 0.15) is 0 Å². The van der Waals surface area contributed by atoms with E-state index in [9.17, 15) is 9.59 Å². The van der Waals surface area contributed by atoms with Crippen LogP contribution in [0.15, 0.2) is 54.6 Å². The molecule has 0 saturated carbocycles. The fraction of sp³-hybridized carbons (Fsp3) is 0.227. The van der Waals surface area contributed by atoms with Gasteiger partial charge in [-0.15, -0.1) is 0 Å². The van der Waals surface area contributed by atoms with Crippen molar-refractivity contribution in [3.63, 3.8) is 0 Å². The summed E-state index contributed by atoms with van der Waals surface area (Å²) in [5.74, 6) is 0.000388. The second-order valence-corrected chi connectivity index (χ2v) is 6.54. The summed E-state index contributed by atoms with van der Waals surface area (Å²) in [5, 5.41) is 4.31. The lowest BCUT2D eigenvalue weighted by Crippen LogP contribution is -2.41. The largest absolute Gasteiger partial charge is 0.493 e. The van der Waals surface area contributed by atoms with E-state index in [1.54, 1.807) is 28.9 Å². The van der Waals surface area contributed by atoms with E-state index in [1.165, 1.54) is 7.11 Å². The van der Waals surface area contributed by atoms with Crippen molar-refractivity contribution >= 4 is 11.8 Å². The summed E-state index contributed by atoms with van der Waals surface area (Å²) in [6, 6.07) is 15.9. The second-order valence-electron chi connectivity index (χ2n) is 6.54. The summed E-state index contributed by atoms with van der Waals surface area (Å²) in [5.41, 5.74) is 6.94. The van der Waals surface area contributed by atoms with E-state index in [0.717, 1.165) is 17.8 Å². The normalized spacial score (nSPS) is 10.4. The van der Waals surface area contributed by atoms with Crippen LogP contribution in [0.3, 0.4) is 0 Å². The highest BCUT2D eigenvalue weighted by atomic mass is 16.5. The lowest BCUT2D eigenvalue weighted by Gasteiger charge is -2.12. The van der Waals surface area contributed by atoms with Gasteiger partial charge in [-0.1, -0.05) is 25.1 Å². The molecule has 0 aliphatic heterocycles. The molecule has 0 aliphatic rings. The van der Waals surface area contributed by atoms with Crippen LogP contribution in [-0.2, 0) is 0 Å². The van der Waals surface area contributed by atoms with Crippen molar-refractivity contribution in [3.8, 4) is 17.2 Å². The molecule has 0 spiro atoms. The van der Waals surface area contributed by atoms with Gasteiger partial charge in [0.15, 0.2) is 17.2 Å². The summed E-state index contributed by atoms with van der Waals surface area (Å²) in [6.45, 7) is 4.40. The predicted molar refractivity (Wildman–Crippen MR) is 112 cm³/mol. The first-order chi connectivity index (χ1) is 14.5. The highest BCUT2D eigenvalue weighted by Gasteiger charge is 2.16. The van der Waals surface area contributed by atoms with Crippen LogP contribution in [-0.4, -0.2) is 35.3 Å². The van der Waals surface area contributed by atoms with Gasteiger partial charge >= 0.3 is 0 Å². The Hall–Kier alpha value is -3.81. The maximum absolute atomic E-state index is 12.4. The number of benzene rings is 2. The number of rotatable bonds is 7. The summed E-state index contributed by atoms with van der Waals surface area (Å²) >= 11 is 0. The van der Waals surface area contributed by atoms with E-state index in [2.05, 4.69) is 16.0 Å². The lowest BCUT2D eigenvalue weighted by molar-refractivity contribution is 0.0843. The number of aryl methyl sites for hydroxylation is 1. The molecule has 2 amide bonds. The van der Waals surface area contributed by atoms with Crippen LogP contribution in [0.25, 0.3) is 5.69 Å². The third-order valence-corrected chi connectivity index (χ3v) is 4.30. The molecule has 2 N–H and O–H groups in total. The molecule has 1 heterocycles. The Balaban J connectivity index is 1.66. The first kappa shape index (κ1) is 20.9. The maximum atomic E-state index is 12.4. The Labute approximate surface area is 174 Å². The van der Waals surface area contributed by atoms with E-state index < -0.39 is 11.8 Å². The van der Waals surface area contributed by atoms with E-state index in [1.807, 2.05) is 44.2 Å². The summed E-state index contributed by atoms with van der Waals surface area (Å²) < 4.78 is 12.5. The number of hydrogen-bond donors (Lipinski definition) is 2. The first-order valence-corrected chi connectivity index (χ1v) is 9.57. The number of hydrogen-bond acceptors (Lipinski definition) is 5. The highest BCUT2D eigenvalue weighted by molar-refractivity contribution is 5.98. The van der Waals surface area contributed by atoms with E-state index in [-0.39, 0.29) is 5.69 Å². The van der Waals surface area contributed by atoms with Crippen LogP contribution < -0.4 is 20.3 Å².